The van der Waals surface area contributed by atoms with Crippen molar-refractivity contribution in [3.63, 3.8) is 0 Å². The molecule has 0 aliphatic carbocycles. The van der Waals surface area contributed by atoms with Crippen molar-refractivity contribution in [2.45, 2.75) is 38.4 Å². The Morgan fingerprint density at radius 2 is 1.62 bits per heavy atom. The summed E-state index contributed by atoms with van der Waals surface area (Å²) < 4.78 is 5.95. The standard InChI is InChI=1S/C25H30N2O2/c1-19(25(28)14-7-21-4-3-16-27-18-21)29-24-12-10-23(11-13-24)22-8-5-20(6-9-22)15-17-26-2/h3-6,8-13,16,18-19,25-26,28H,7,14-15,17H2,1-2H3/t19-,25+/m0/s1. The second-order valence-corrected chi connectivity index (χ2v) is 7.37. The second-order valence-electron chi connectivity index (χ2n) is 7.37. The largest absolute Gasteiger partial charge is 0.488 e. The number of ether oxygens (including phenoxy) is 1. The summed E-state index contributed by atoms with van der Waals surface area (Å²) >= 11 is 0. The van der Waals surface area contributed by atoms with Gasteiger partial charge in [-0.15, -0.1) is 0 Å². The summed E-state index contributed by atoms with van der Waals surface area (Å²) in [4.78, 5) is 4.11. The van der Waals surface area contributed by atoms with Crippen molar-refractivity contribution < 1.29 is 9.84 Å². The van der Waals surface area contributed by atoms with E-state index in [0.29, 0.717) is 6.42 Å². The van der Waals surface area contributed by atoms with Crippen molar-refractivity contribution in [2.24, 2.45) is 0 Å². The molecule has 0 unspecified atom stereocenters. The van der Waals surface area contributed by atoms with E-state index in [1.165, 1.54) is 11.1 Å². The monoisotopic (exact) mass is 390 g/mol. The van der Waals surface area contributed by atoms with Crippen LogP contribution in [0.2, 0.25) is 0 Å². The van der Waals surface area contributed by atoms with Crippen LogP contribution in [-0.4, -0.2) is 35.9 Å². The van der Waals surface area contributed by atoms with Gasteiger partial charge >= 0.3 is 0 Å². The summed E-state index contributed by atoms with van der Waals surface area (Å²) in [5.74, 6) is 0.771. The number of rotatable bonds is 10. The van der Waals surface area contributed by atoms with Gasteiger partial charge in [0.2, 0.25) is 0 Å². The Bertz CT molecular complexity index is 848. The fourth-order valence-electron chi connectivity index (χ4n) is 3.25. The van der Waals surface area contributed by atoms with E-state index in [4.69, 9.17) is 4.74 Å². The van der Waals surface area contributed by atoms with Crippen LogP contribution >= 0.6 is 0 Å². The molecule has 4 heteroatoms. The number of hydrogen-bond acceptors (Lipinski definition) is 4. The molecule has 0 fully saturated rings. The van der Waals surface area contributed by atoms with Gasteiger partial charge in [0.1, 0.15) is 11.9 Å². The molecule has 0 spiro atoms. The maximum atomic E-state index is 10.4. The molecule has 0 bridgehead atoms. The zero-order chi connectivity index (χ0) is 20.5. The quantitative estimate of drug-likeness (QED) is 0.543. The molecule has 2 atom stereocenters. The van der Waals surface area contributed by atoms with Crippen molar-refractivity contribution in [3.05, 3.63) is 84.2 Å². The van der Waals surface area contributed by atoms with E-state index in [1.54, 1.807) is 6.20 Å². The van der Waals surface area contributed by atoms with Gasteiger partial charge in [-0.3, -0.25) is 4.98 Å². The van der Waals surface area contributed by atoms with Crippen LogP contribution in [0.15, 0.2) is 73.1 Å². The van der Waals surface area contributed by atoms with Gasteiger partial charge in [0.05, 0.1) is 6.10 Å². The molecule has 2 aromatic carbocycles. The number of aryl methyl sites for hydroxylation is 1. The van der Waals surface area contributed by atoms with E-state index >= 15 is 0 Å². The lowest BCUT2D eigenvalue weighted by molar-refractivity contribution is 0.0420. The minimum absolute atomic E-state index is 0.274. The third-order valence-corrected chi connectivity index (χ3v) is 5.12. The Morgan fingerprint density at radius 3 is 2.24 bits per heavy atom. The van der Waals surface area contributed by atoms with Gasteiger partial charge in [-0.2, -0.15) is 0 Å². The molecule has 4 nitrogen and oxygen atoms in total. The van der Waals surface area contributed by atoms with Crippen molar-refractivity contribution >= 4 is 0 Å². The highest BCUT2D eigenvalue weighted by Gasteiger charge is 2.16. The molecule has 2 N–H and O–H groups in total. The van der Waals surface area contributed by atoms with Gasteiger partial charge in [0.25, 0.3) is 0 Å². The lowest BCUT2D eigenvalue weighted by atomic mass is 10.0. The maximum absolute atomic E-state index is 10.4. The van der Waals surface area contributed by atoms with Crippen LogP contribution < -0.4 is 10.1 Å². The van der Waals surface area contributed by atoms with Crippen molar-refractivity contribution in [1.29, 1.82) is 0 Å². The van der Waals surface area contributed by atoms with E-state index in [0.717, 1.165) is 36.3 Å². The van der Waals surface area contributed by atoms with Gasteiger partial charge in [-0.05, 0) is 80.2 Å². The smallest absolute Gasteiger partial charge is 0.122 e. The normalized spacial score (nSPS) is 13.1. The lowest BCUT2D eigenvalue weighted by Gasteiger charge is -2.20. The first-order chi connectivity index (χ1) is 14.2. The van der Waals surface area contributed by atoms with Gasteiger partial charge in [-0.1, -0.05) is 42.5 Å². The minimum Gasteiger partial charge on any atom is -0.488 e. The molecule has 1 aromatic heterocycles. The van der Waals surface area contributed by atoms with E-state index in [1.807, 2.05) is 44.4 Å². The number of hydrogen-bond donors (Lipinski definition) is 2. The molecule has 152 valence electrons. The van der Waals surface area contributed by atoms with Gasteiger partial charge in [-0.25, -0.2) is 0 Å². The summed E-state index contributed by atoms with van der Waals surface area (Å²) in [5.41, 5.74) is 4.80. The number of pyridine rings is 1. The van der Waals surface area contributed by atoms with E-state index in [-0.39, 0.29) is 6.10 Å². The molecule has 3 rings (SSSR count). The van der Waals surface area contributed by atoms with Gasteiger partial charge in [0, 0.05) is 12.4 Å². The molecule has 0 aliphatic heterocycles. The molecule has 0 amide bonds. The fourth-order valence-corrected chi connectivity index (χ4v) is 3.25. The molecule has 0 saturated heterocycles. The molecule has 1 heterocycles. The van der Waals surface area contributed by atoms with Crippen LogP contribution in [0.3, 0.4) is 0 Å². The molecular formula is C25H30N2O2. The number of aliphatic hydroxyl groups excluding tert-OH is 1. The summed E-state index contributed by atoms with van der Waals surface area (Å²) in [7, 11) is 1.97. The number of benzene rings is 2. The Labute approximate surface area is 173 Å². The van der Waals surface area contributed by atoms with Crippen LogP contribution in [0.25, 0.3) is 11.1 Å². The molecular weight excluding hydrogens is 360 g/mol. The van der Waals surface area contributed by atoms with Crippen LogP contribution in [-0.2, 0) is 12.8 Å². The molecule has 0 aliphatic rings. The Kier molecular flexibility index (Phi) is 7.79. The predicted octanol–water partition coefficient (Wildman–Crippen LogP) is 4.27. The Balaban J connectivity index is 1.52. The topological polar surface area (TPSA) is 54.4 Å². The van der Waals surface area contributed by atoms with Crippen molar-refractivity contribution in [2.75, 3.05) is 13.6 Å². The minimum atomic E-state index is -0.528. The van der Waals surface area contributed by atoms with Crippen LogP contribution in [0.4, 0.5) is 0 Å². The average molecular weight is 391 g/mol. The molecule has 0 radical (unpaired) electrons. The van der Waals surface area contributed by atoms with Gasteiger partial charge in [0.15, 0.2) is 0 Å². The van der Waals surface area contributed by atoms with Crippen molar-refractivity contribution in [3.8, 4) is 16.9 Å². The summed E-state index contributed by atoms with van der Waals surface area (Å²) in [5, 5.41) is 13.6. The SMILES string of the molecule is CNCCc1ccc(-c2ccc(O[C@@H](C)[C@H](O)CCc3cccnc3)cc2)cc1. The number of aromatic nitrogens is 1. The zero-order valence-electron chi connectivity index (χ0n) is 17.2. The third-order valence-electron chi connectivity index (χ3n) is 5.12. The molecule has 29 heavy (non-hydrogen) atoms. The summed E-state index contributed by atoms with van der Waals surface area (Å²) in [6.45, 7) is 2.89. The highest BCUT2D eigenvalue weighted by atomic mass is 16.5. The Morgan fingerprint density at radius 1 is 0.931 bits per heavy atom. The summed E-state index contributed by atoms with van der Waals surface area (Å²) in [6, 6.07) is 20.7. The number of likely N-dealkylation sites (N-methyl/N-ethyl adjacent to an activating group) is 1. The third kappa shape index (κ3) is 6.41. The van der Waals surface area contributed by atoms with Crippen molar-refractivity contribution in [1.82, 2.24) is 10.3 Å². The second kappa shape index (κ2) is 10.7. The number of nitrogens with zero attached hydrogens (tertiary/aromatic N) is 1. The highest BCUT2D eigenvalue weighted by Crippen LogP contribution is 2.24. The molecule has 3 aromatic rings. The first-order valence-corrected chi connectivity index (χ1v) is 10.2. The van der Waals surface area contributed by atoms with Crippen LogP contribution in [0.5, 0.6) is 5.75 Å². The number of nitrogens with one attached hydrogen (secondary N) is 1. The Hall–Kier alpha value is -2.69. The fraction of sp³-hybridized carbons (Fsp3) is 0.320. The zero-order valence-corrected chi connectivity index (χ0v) is 17.2. The predicted molar refractivity (Wildman–Crippen MR) is 118 cm³/mol. The average Bonchev–Trinajstić information content (AvgIpc) is 2.77. The van der Waals surface area contributed by atoms with Crippen LogP contribution in [0.1, 0.15) is 24.5 Å². The summed E-state index contributed by atoms with van der Waals surface area (Å²) in [6.07, 6.45) is 5.25. The van der Waals surface area contributed by atoms with Gasteiger partial charge < -0.3 is 15.2 Å². The van der Waals surface area contributed by atoms with Crippen LogP contribution in [0, 0.1) is 0 Å². The number of aliphatic hydroxyl groups is 1. The first kappa shape index (κ1) is 21.0. The van der Waals surface area contributed by atoms with E-state index in [9.17, 15) is 5.11 Å². The molecule has 0 saturated carbocycles. The maximum Gasteiger partial charge on any atom is 0.122 e. The van der Waals surface area contributed by atoms with E-state index < -0.39 is 6.10 Å². The first-order valence-electron chi connectivity index (χ1n) is 10.2. The highest BCUT2D eigenvalue weighted by molar-refractivity contribution is 5.64. The van der Waals surface area contributed by atoms with E-state index in [2.05, 4.69) is 46.7 Å². The lowest BCUT2D eigenvalue weighted by Crippen LogP contribution is -2.29.